The molecule has 0 atom stereocenters. The minimum Gasteiger partial charge on any atom is -0.503 e. The SMILES string of the molecule is CCOc1ccc(NCc2cc(F)c(O)c(F)c2)cc1Cl. The summed E-state index contributed by atoms with van der Waals surface area (Å²) in [6.45, 7) is 2.56. The minimum atomic E-state index is -0.989. The number of phenolic OH excluding ortho intramolecular Hbond substituents is 1. The van der Waals surface area contributed by atoms with Crippen LogP contribution in [0.15, 0.2) is 30.3 Å². The van der Waals surface area contributed by atoms with Crippen LogP contribution in [-0.4, -0.2) is 11.7 Å². The maximum absolute atomic E-state index is 13.2. The summed E-state index contributed by atoms with van der Waals surface area (Å²) in [5.41, 5.74) is 1.06. The van der Waals surface area contributed by atoms with Crippen LogP contribution in [0.3, 0.4) is 0 Å². The number of phenols is 1. The number of benzene rings is 2. The lowest BCUT2D eigenvalue weighted by Gasteiger charge is -2.10. The van der Waals surface area contributed by atoms with Gasteiger partial charge in [0.05, 0.1) is 11.6 Å². The van der Waals surface area contributed by atoms with E-state index < -0.39 is 17.4 Å². The average molecular weight is 314 g/mol. The summed E-state index contributed by atoms with van der Waals surface area (Å²) >= 11 is 6.04. The number of ether oxygens (including phenoxy) is 1. The number of rotatable bonds is 5. The van der Waals surface area contributed by atoms with Gasteiger partial charge in [-0.2, -0.15) is 0 Å². The Kier molecular flexibility index (Phi) is 4.85. The van der Waals surface area contributed by atoms with Crippen molar-refractivity contribution in [2.24, 2.45) is 0 Å². The molecule has 112 valence electrons. The Labute approximate surface area is 126 Å². The third-order valence-electron chi connectivity index (χ3n) is 2.81. The van der Waals surface area contributed by atoms with E-state index in [4.69, 9.17) is 21.4 Å². The molecule has 0 bridgehead atoms. The summed E-state index contributed by atoms with van der Waals surface area (Å²) in [5, 5.41) is 12.5. The molecule has 2 aromatic carbocycles. The summed E-state index contributed by atoms with van der Waals surface area (Å²) in [7, 11) is 0. The van der Waals surface area contributed by atoms with Crippen LogP contribution in [0.25, 0.3) is 0 Å². The summed E-state index contributed by atoms with van der Waals surface area (Å²) in [5.74, 6) is -2.37. The zero-order chi connectivity index (χ0) is 15.4. The summed E-state index contributed by atoms with van der Waals surface area (Å²) < 4.78 is 31.7. The highest BCUT2D eigenvalue weighted by Crippen LogP contribution is 2.28. The van der Waals surface area contributed by atoms with Crippen LogP contribution in [0.4, 0.5) is 14.5 Å². The molecule has 0 saturated heterocycles. The number of hydrogen-bond donors (Lipinski definition) is 2. The van der Waals surface area contributed by atoms with Crippen molar-refractivity contribution in [1.29, 1.82) is 0 Å². The van der Waals surface area contributed by atoms with Crippen molar-refractivity contribution in [3.05, 3.63) is 52.6 Å². The van der Waals surface area contributed by atoms with Gasteiger partial charge < -0.3 is 15.2 Å². The zero-order valence-electron chi connectivity index (χ0n) is 11.3. The molecule has 0 aliphatic rings. The third-order valence-corrected chi connectivity index (χ3v) is 3.10. The molecular weight excluding hydrogens is 300 g/mol. The fourth-order valence-electron chi connectivity index (χ4n) is 1.81. The number of halogens is 3. The van der Waals surface area contributed by atoms with Crippen LogP contribution in [0.1, 0.15) is 12.5 Å². The lowest BCUT2D eigenvalue weighted by Crippen LogP contribution is -2.01. The molecular formula is C15H14ClF2NO2. The maximum Gasteiger partial charge on any atom is 0.187 e. The van der Waals surface area contributed by atoms with Gasteiger partial charge in [0.1, 0.15) is 5.75 Å². The van der Waals surface area contributed by atoms with Crippen molar-refractivity contribution in [1.82, 2.24) is 0 Å². The number of hydrogen-bond acceptors (Lipinski definition) is 3. The van der Waals surface area contributed by atoms with Gasteiger partial charge in [-0.15, -0.1) is 0 Å². The number of aromatic hydroxyl groups is 1. The van der Waals surface area contributed by atoms with Crippen LogP contribution in [-0.2, 0) is 6.54 Å². The first-order chi connectivity index (χ1) is 10.0. The Balaban J connectivity index is 2.08. The molecule has 3 nitrogen and oxygen atoms in total. The molecule has 0 fully saturated rings. The summed E-state index contributed by atoms with van der Waals surface area (Å²) in [4.78, 5) is 0. The number of nitrogens with one attached hydrogen (secondary N) is 1. The number of anilines is 1. The van der Waals surface area contributed by atoms with Crippen LogP contribution in [0.2, 0.25) is 5.02 Å². The third kappa shape index (κ3) is 3.76. The van der Waals surface area contributed by atoms with Crippen LogP contribution >= 0.6 is 11.6 Å². The van der Waals surface area contributed by atoms with Crippen molar-refractivity contribution < 1.29 is 18.6 Å². The normalized spacial score (nSPS) is 10.5. The van der Waals surface area contributed by atoms with E-state index in [2.05, 4.69) is 5.32 Å². The van der Waals surface area contributed by atoms with Crippen molar-refractivity contribution in [2.45, 2.75) is 13.5 Å². The Morgan fingerprint density at radius 2 is 1.86 bits per heavy atom. The fraction of sp³-hybridized carbons (Fsp3) is 0.200. The molecule has 0 aliphatic carbocycles. The van der Waals surface area contributed by atoms with Gasteiger partial charge in [-0.05, 0) is 42.8 Å². The van der Waals surface area contributed by atoms with Gasteiger partial charge in [-0.1, -0.05) is 11.6 Å². The molecule has 0 heterocycles. The quantitative estimate of drug-likeness (QED) is 0.863. The molecule has 0 saturated carbocycles. The molecule has 0 radical (unpaired) electrons. The van der Waals surface area contributed by atoms with E-state index in [-0.39, 0.29) is 6.54 Å². The van der Waals surface area contributed by atoms with Crippen molar-refractivity contribution in [3.63, 3.8) is 0 Å². The highest BCUT2D eigenvalue weighted by atomic mass is 35.5. The fourth-order valence-corrected chi connectivity index (χ4v) is 2.04. The highest BCUT2D eigenvalue weighted by Gasteiger charge is 2.09. The van der Waals surface area contributed by atoms with Gasteiger partial charge in [0, 0.05) is 12.2 Å². The largest absolute Gasteiger partial charge is 0.503 e. The highest BCUT2D eigenvalue weighted by molar-refractivity contribution is 6.32. The Bertz CT molecular complexity index is 627. The Hall–Kier alpha value is -2.01. The molecule has 0 aliphatic heterocycles. The average Bonchev–Trinajstić information content (AvgIpc) is 2.45. The predicted molar refractivity (Wildman–Crippen MR) is 78.0 cm³/mol. The van der Waals surface area contributed by atoms with Crippen LogP contribution < -0.4 is 10.1 Å². The second-order valence-electron chi connectivity index (χ2n) is 4.34. The molecule has 2 rings (SSSR count). The molecule has 0 unspecified atom stereocenters. The van der Waals surface area contributed by atoms with Gasteiger partial charge in [0.2, 0.25) is 0 Å². The van der Waals surface area contributed by atoms with E-state index in [1.165, 1.54) is 0 Å². The molecule has 0 amide bonds. The minimum absolute atomic E-state index is 0.193. The molecule has 2 aromatic rings. The lowest BCUT2D eigenvalue weighted by atomic mass is 10.2. The topological polar surface area (TPSA) is 41.5 Å². The molecule has 21 heavy (non-hydrogen) atoms. The maximum atomic E-state index is 13.2. The van der Waals surface area contributed by atoms with Crippen molar-refractivity contribution in [2.75, 3.05) is 11.9 Å². The second-order valence-corrected chi connectivity index (χ2v) is 4.75. The monoisotopic (exact) mass is 313 g/mol. The molecule has 2 N–H and O–H groups in total. The van der Waals surface area contributed by atoms with Crippen molar-refractivity contribution >= 4 is 17.3 Å². The molecule has 0 spiro atoms. The zero-order valence-corrected chi connectivity index (χ0v) is 12.0. The Morgan fingerprint density at radius 1 is 1.19 bits per heavy atom. The summed E-state index contributed by atoms with van der Waals surface area (Å²) in [6, 6.07) is 7.28. The van der Waals surface area contributed by atoms with Gasteiger partial charge in [-0.3, -0.25) is 0 Å². The van der Waals surface area contributed by atoms with Gasteiger partial charge >= 0.3 is 0 Å². The molecule has 0 aromatic heterocycles. The second kappa shape index (κ2) is 6.63. The summed E-state index contributed by atoms with van der Waals surface area (Å²) in [6.07, 6.45) is 0. The first kappa shape index (κ1) is 15.4. The van der Waals surface area contributed by atoms with Crippen LogP contribution in [0.5, 0.6) is 11.5 Å². The van der Waals surface area contributed by atoms with E-state index in [1.54, 1.807) is 18.2 Å². The Morgan fingerprint density at radius 3 is 2.43 bits per heavy atom. The standard InChI is InChI=1S/C15H14ClF2NO2/c1-2-21-14-4-3-10(7-11(14)16)19-8-9-5-12(17)15(20)13(18)6-9/h3-7,19-20H,2,8H2,1H3. The van der Waals surface area contributed by atoms with Crippen LogP contribution in [0, 0.1) is 11.6 Å². The first-order valence-corrected chi connectivity index (χ1v) is 6.72. The van der Waals surface area contributed by atoms with Gasteiger partial charge in [0.25, 0.3) is 0 Å². The van der Waals surface area contributed by atoms with E-state index in [0.717, 1.165) is 12.1 Å². The van der Waals surface area contributed by atoms with Gasteiger partial charge in [-0.25, -0.2) is 8.78 Å². The molecule has 6 heteroatoms. The predicted octanol–water partition coefficient (Wildman–Crippen LogP) is 4.33. The van der Waals surface area contributed by atoms with E-state index >= 15 is 0 Å². The van der Waals surface area contributed by atoms with Gasteiger partial charge in [0.15, 0.2) is 17.4 Å². The van der Waals surface area contributed by atoms with Crippen molar-refractivity contribution in [3.8, 4) is 11.5 Å². The lowest BCUT2D eigenvalue weighted by molar-refractivity contribution is 0.340. The van der Waals surface area contributed by atoms with E-state index in [1.807, 2.05) is 6.92 Å². The smallest absolute Gasteiger partial charge is 0.187 e. The van der Waals surface area contributed by atoms with E-state index in [0.29, 0.717) is 28.6 Å². The first-order valence-electron chi connectivity index (χ1n) is 6.34. The van der Waals surface area contributed by atoms with E-state index in [9.17, 15) is 8.78 Å².